The van der Waals surface area contributed by atoms with E-state index in [-0.39, 0.29) is 47.4 Å². The Hall–Kier alpha value is -7.63. The number of hydrogen-bond donors (Lipinski definition) is 4. The molecule has 4 saturated heterocycles. The Bertz CT molecular complexity index is 3270. The maximum absolute atomic E-state index is 14.2. The highest BCUT2D eigenvalue weighted by atomic mass is 35.5. The number of ether oxygens (including phenoxy) is 7. The fourth-order valence-corrected chi connectivity index (χ4v) is 9.12. The summed E-state index contributed by atoms with van der Waals surface area (Å²) in [5.41, 5.74) is 5.49. The number of nitro benzene ring substituents is 2. The average Bonchev–Trinajstić information content (AvgIpc) is 4.31. The number of para-hydroxylation sites is 4. The van der Waals surface area contributed by atoms with Crippen LogP contribution in [-0.4, -0.2) is 117 Å². The first kappa shape index (κ1) is 60.0. The van der Waals surface area contributed by atoms with Crippen molar-refractivity contribution >= 4 is 83.3 Å². The molecule has 0 bridgehead atoms. The number of aliphatic hydroxyl groups excluding tert-OH is 1. The normalized spacial score (nSPS) is 17.9. The summed E-state index contributed by atoms with van der Waals surface area (Å²) < 4.78 is 90.0. The molecule has 12 rings (SSSR count). The zero-order chi connectivity index (χ0) is 57.0. The molecule has 4 aliphatic heterocycles. The van der Waals surface area contributed by atoms with Crippen LogP contribution < -0.4 is 25.3 Å². The monoisotopic (exact) mass is 1170 g/mol. The molecule has 0 saturated carbocycles. The minimum atomic E-state index is -0.987. The molecule has 80 heavy (non-hydrogen) atoms. The first-order valence-electron chi connectivity index (χ1n) is 24.3. The summed E-state index contributed by atoms with van der Waals surface area (Å²) in [6.07, 6.45) is 5.26. The fraction of sp³-hybridized carbons (Fsp3) is 0.308. The largest absolute Gasteiger partial charge is 0.500 e. The van der Waals surface area contributed by atoms with Crippen molar-refractivity contribution in [1.82, 2.24) is 19.9 Å². The molecule has 4 aliphatic rings. The third kappa shape index (κ3) is 17.2. The van der Waals surface area contributed by atoms with Crippen molar-refractivity contribution < 1.29 is 70.8 Å². The van der Waals surface area contributed by atoms with Crippen LogP contribution in [0.25, 0.3) is 20.4 Å². The van der Waals surface area contributed by atoms with Crippen LogP contribution in [0, 0.1) is 43.5 Å². The lowest BCUT2D eigenvalue weighted by atomic mass is 10.2. The van der Waals surface area contributed by atoms with E-state index >= 15 is 0 Å². The summed E-state index contributed by atoms with van der Waals surface area (Å²) in [7, 11) is 0. The SMILES string of the molecule is Clc1ncnc2sccc12.Fc1cccc(Nc2ncnc3sccc23)c1OC1CCOC1.Nc1cccc(F)c1OC1CCOC1.O=[N+]([O-])c1cccc(F)c1O.O=[N+]([O-])c1cccc(F)c1OC1CCOC1.OC1CCOC1. The second-order valence-electron chi connectivity index (χ2n) is 17.1. The van der Waals surface area contributed by atoms with Crippen LogP contribution in [0.15, 0.2) is 108 Å². The summed E-state index contributed by atoms with van der Waals surface area (Å²) in [5.74, 6) is -2.78. The molecule has 8 heterocycles. The number of fused-ring (bicyclic) bond motifs is 2. The van der Waals surface area contributed by atoms with Gasteiger partial charge in [0.1, 0.15) is 51.6 Å². The van der Waals surface area contributed by atoms with Crippen LogP contribution in [0.5, 0.6) is 23.0 Å². The number of nitrogens with two attached hydrogens (primary N) is 1. The lowest BCUT2D eigenvalue weighted by molar-refractivity contribution is -0.386. The number of aliphatic hydroxyl groups is 1. The molecular formula is C52H51ClF4N8O13S2. The second kappa shape index (κ2) is 30.1. The van der Waals surface area contributed by atoms with Gasteiger partial charge in [0.2, 0.25) is 11.5 Å². The van der Waals surface area contributed by atoms with E-state index in [1.165, 1.54) is 48.3 Å². The van der Waals surface area contributed by atoms with Gasteiger partial charge in [0.15, 0.2) is 34.8 Å². The topological polar surface area (TPSA) is 281 Å². The Morgan fingerprint density at radius 1 is 0.600 bits per heavy atom. The van der Waals surface area contributed by atoms with Gasteiger partial charge in [-0.05, 0) is 65.7 Å². The minimum absolute atomic E-state index is 0.0748. The molecule has 4 atom stereocenters. The van der Waals surface area contributed by atoms with Gasteiger partial charge in [-0.3, -0.25) is 20.2 Å². The number of halogens is 5. The summed E-state index contributed by atoms with van der Waals surface area (Å²) in [5, 5.41) is 47.5. The predicted molar refractivity (Wildman–Crippen MR) is 289 cm³/mol. The number of nitrogens with one attached hydrogen (secondary N) is 1. The number of aromatic nitrogens is 4. The van der Waals surface area contributed by atoms with E-state index in [1.807, 2.05) is 22.9 Å². The number of thiophene rings is 2. The molecule has 28 heteroatoms. The molecule has 4 unspecified atom stereocenters. The van der Waals surface area contributed by atoms with Gasteiger partial charge in [-0.2, -0.15) is 0 Å². The first-order chi connectivity index (χ1) is 38.7. The molecule has 0 radical (unpaired) electrons. The van der Waals surface area contributed by atoms with Crippen LogP contribution in [0.3, 0.4) is 0 Å². The van der Waals surface area contributed by atoms with Crippen molar-refractivity contribution in [3.63, 3.8) is 0 Å². The van der Waals surface area contributed by atoms with E-state index in [0.29, 0.717) is 75.0 Å². The van der Waals surface area contributed by atoms with Crippen molar-refractivity contribution in [1.29, 1.82) is 0 Å². The highest BCUT2D eigenvalue weighted by Gasteiger charge is 2.26. The first-order valence-corrected chi connectivity index (χ1v) is 26.5. The molecule has 4 fully saturated rings. The van der Waals surface area contributed by atoms with Crippen LogP contribution in [-0.2, 0) is 18.9 Å². The highest BCUT2D eigenvalue weighted by molar-refractivity contribution is 7.17. The molecule has 4 aromatic heterocycles. The van der Waals surface area contributed by atoms with E-state index in [9.17, 15) is 37.8 Å². The van der Waals surface area contributed by atoms with Crippen LogP contribution >= 0.6 is 34.3 Å². The van der Waals surface area contributed by atoms with Gasteiger partial charge in [-0.15, -0.1) is 22.7 Å². The van der Waals surface area contributed by atoms with Gasteiger partial charge in [-0.25, -0.2) is 37.5 Å². The van der Waals surface area contributed by atoms with Crippen molar-refractivity contribution in [3.05, 3.63) is 157 Å². The number of hydrogen-bond acceptors (Lipinski definition) is 21. The third-order valence-corrected chi connectivity index (χ3v) is 13.4. The standard InChI is InChI=1S/C16H14FN3O2S.C10H10FNO4.C10H12FNO2.C6H3ClN2S.C6H4FNO3.C4H8O2/c17-12-2-1-3-13(14(12)22-10-4-6-21-8-10)20-15-11-5-7-23-16(11)19-9-18-15;11-8-2-1-3-9(12(13)14)10(8)16-7-4-5-15-6-7;11-8-2-1-3-9(12)10(8)14-7-4-5-13-6-7;7-5-4-1-2-10-6(4)9-3-8-5;7-4-2-1-3-5(6(4)9)8(10)11;5-4-1-2-6-3-4/h1-3,5,7,9-10H,4,6,8H2,(H,18,19,20);1-3,7H,4-6H2;1-3,7H,4-6,12H2;1-3H;1-3,9H;4-5H,1-3H2. The minimum Gasteiger partial charge on any atom is -0.500 e. The zero-order valence-electron chi connectivity index (χ0n) is 42.0. The van der Waals surface area contributed by atoms with Crippen LogP contribution in [0.1, 0.15) is 25.7 Å². The lowest BCUT2D eigenvalue weighted by Gasteiger charge is -2.17. The number of nitrogen functional groups attached to an aromatic ring is 1. The number of phenolic OH excluding ortho intramolecular Hbond substituents is 1. The molecule has 5 N–H and O–H groups in total. The molecule has 4 aromatic carbocycles. The van der Waals surface area contributed by atoms with Gasteiger partial charge >= 0.3 is 11.4 Å². The summed E-state index contributed by atoms with van der Waals surface area (Å²) in [6.45, 7) is 4.45. The van der Waals surface area contributed by atoms with E-state index in [4.69, 9.17) is 60.7 Å². The summed E-state index contributed by atoms with van der Waals surface area (Å²) in [6, 6.07) is 19.9. The zero-order valence-corrected chi connectivity index (χ0v) is 44.4. The van der Waals surface area contributed by atoms with E-state index < -0.39 is 44.6 Å². The molecule has 0 amide bonds. The molecule has 0 spiro atoms. The molecule has 424 valence electrons. The number of rotatable bonds is 10. The molecular weight excluding hydrogens is 1120 g/mol. The number of phenols is 1. The van der Waals surface area contributed by atoms with Gasteiger partial charge in [0, 0.05) is 43.4 Å². The fourth-order valence-electron chi connectivity index (χ4n) is 7.40. The second-order valence-corrected chi connectivity index (χ2v) is 19.3. The quantitative estimate of drug-likeness (QED) is 0.0325. The Morgan fingerprint density at radius 2 is 1.07 bits per heavy atom. The van der Waals surface area contributed by atoms with Crippen LogP contribution in [0.4, 0.5) is 46.1 Å². The summed E-state index contributed by atoms with van der Waals surface area (Å²) in [4.78, 5) is 37.4. The van der Waals surface area contributed by atoms with Gasteiger partial charge < -0.3 is 54.4 Å². The Kier molecular flexibility index (Phi) is 22.6. The van der Waals surface area contributed by atoms with Gasteiger partial charge in [0.05, 0.1) is 79.0 Å². The van der Waals surface area contributed by atoms with Crippen molar-refractivity contribution in [2.45, 2.75) is 50.1 Å². The van der Waals surface area contributed by atoms with Crippen molar-refractivity contribution in [2.75, 3.05) is 63.9 Å². The maximum Gasteiger partial charge on any atom is 0.314 e. The Balaban J connectivity index is 0.000000145. The lowest BCUT2D eigenvalue weighted by Crippen LogP contribution is -2.17. The van der Waals surface area contributed by atoms with E-state index in [1.54, 1.807) is 35.6 Å². The third-order valence-electron chi connectivity index (χ3n) is 11.4. The number of anilines is 3. The summed E-state index contributed by atoms with van der Waals surface area (Å²) >= 11 is 8.85. The molecule has 21 nitrogen and oxygen atoms in total. The average molecular weight is 1170 g/mol. The van der Waals surface area contributed by atoms with Crippen LogP contribution in [0.2, 0.25) is 5.15 Å². The van der Waals surface area contributed by atoms with Crippen molar-refractivity contribution in [2.24, 2.45) is 0 Å². The van der Waals surface area contributed by atoms with Crippen molar-refractivity contribution in [3.8, 4) is 23.0 Å². The number of nitrogens with zero attached hydrogens (tertiary/aromatic N) is 6. The van der Waals surface area contributed by atoms with E-state index in [0.717, 1.165) is 70.6 Å². The number of nitro groups is 2. The smallest absolute Gasteiger partial charge is 0.314 e. The van der Waals surface area contributed by atoms with E-state index in [2.05, 4.69) is 25.3 Å². The van der Waals surface area contributed by atoms with Gasteiger partial charge in [-0.1, -0.05) is 35.9 Å². The maximum atomic E-state index is 14.2. The van der Waals surface area contributed by atoms with Gasteiger partial charge in [0.25, 0.3) is 0 Å². The molecule has 0 aliphatic carbocycles. The Labute approximate surface area is 466 Å². The highest BCUT2D eigenvalue weighted by Crippen LogP contribution is 2.36. The number of benzene rings is 4. The molecule has 8 aromatic rings. The predicted octanol–water partition coefficient (Wildman–Crippen LogP) is 10.8. The Morgan fingerprint density at radius 3 is 1.59 bits per heavy atom. The number of aromatic hydroxyl groups is 1.